The van der Waals surface area contributed by atoms with Crippen molar-refractivity contribution in [1.29, 1.82) is 0 Å². The number of carbonyl (C=O) groups is 1. The highest BCUT2D eigenvalue weighted by atomic mass is 32.2. The van der Waals surface area contributed by atoms with Crippen LogP contribution < -0.4 is 0 Å². The Balaban J connectivity index is 1.71. The number of likely N-dealkylation sites (N-methyl/N-ethyl adjacent to an activating group) is 1. The Bertz CT molecular complexity index is 429. The van der Waals surface area contributed by atoms with Crippen molar-refractivity contribution >= 4 is 17.7 Å². The number of hydrogen-bond donors (Lipinski definition) is 1. The Labute approximate surface area is 125 Å². The predicted molar refractivity (Wildman–Crippen MR) is 82.8 cm³/mol. The van der Waals surface area contributed by atoms with Crippen molar-refractivity contribution in [2.45, 2.75) is 42.6 Å². The van der Waals surface area contributed by atoms with E-state index in [1.165, 1.54) is 4.90 Å². The zero-order valence-corrected chi connectivity index (χ0v) is 12.9. The number of nitrogens with zero attached hydrogens (tertiary/aromatic N) is 1. The molecule has 1 N–H and O–H groups in total. The second-order valence-corrected chi connectivity index (χ2v) is 6.76. The smallest absolute Gasteiger partial charge is 0.223 e. The summed E-state index contributed by atoms with van der Waals surface area (Å²) in [6.45, 7) is 0.474. The number of hydrogen-bond acceptors (Lipinski definition) is 3. The number of carbonyl (C=O) groups excluding carboxylic acids is 1. The van der Waals surface area contributed by atoms with E-state index in [0.717, 1.165) is 31.4 Å². The first-order chi connectivity index (χ1) is 9.59. The SMILES string of the molecule is CN(CC1(O)CCCC1)C(=O)CCSc1ccccc1. The molecule has 0 saturated heterocycles. The highest BCUT2D eigenvalue weighted by molar-refractivity contribution is 7.99. The summed E-state index contributed by atoms with van der Waals surface area (Å²) >= 11 is 1.70. The molecule has 1 fully saturated rings. The first kappa shape index (κ1) is 15.4. The van der Waals surface area contributed by atoms with Crippen LogP contribution in [0.4, 0.5) is 0 Å². The maximum Gasteiger partial charge on any atom is 0.223 e. The quantitative estimate of drug-likeness (QED) is 0.820. The highest BCUT2D eigenvalue weighted by Crippen LogP contribution is 2.30. The van der Waals surface area contributed by atoms with E-state index in [1.54, 1.807) is 23.7 Å². The Hall–Kier alpha value is -1.00. The molecule has 0 unspecified atom stereocenters. The van der Waals surface area contributed by atoms with Crippen LogP contribution in [0.5, 0.6) is 0 Å². The van der Waals surface area contributed by atoms with E-state index >= 15 is 0 Å². The van der Waals surface area contributed by atoms with Gasteiger partial charge in [-0.05, 0) is 25.0 Å². The van der Waals surface area contributed by atoms with Gasteiger partial charge in [0.15, 0.2) is 0 Å². The molecule has 0 aromatic heterocycles. The molecule has 2 rings (SSSR count). The lowest BCUT2D eigenvalue weighted by Crippen LogP contribution is -2.42. The van der Waals surface area contributed by atoms with Crippen molar-refractivity contribution in [1.82, 2.24) is 4.90 Å². The molecule has 1 aromatic rings. The van der Waals surface area contributed by atoms with Crippen LogP contribution in [0.1, 0.15) is 32.1 Å². The monoisotopic (exact) mass is 293 g/mol. The van der Waals surface area contributed by atoms with Crippen LogP contribution in [0.25, 0.3) is 0 Å². The molecule has 0 heterocycles. The van der Waals surface area contributed by atoms with Crippen LogP contribution in [0.2, 0.25) is 0 Å². The minimum absolute atomic E-state index is 0.119. The van der Waals surface area contributed by atoms with E-state index in [-0.39, 0.29) is 5.91 Å². The average Bonchev–Trinajstić information content (AvgIpc) is 2.86. The second-order valence-electron chi connectivity index (χ2n) is 5.59. The largest absolute Gasteiger partial charge is 0.388 e. The summed E-state index contributed by atoms with van der Waals surface area (Å²) in [6.07, 6.45) is 4.31. The first-order valence-corrected chi connectivity index (χ1v) is 8.22. The van der Waals surface area contributed by atoms with E-state index in [0.29, 0.717) is 13.0 Å². The molecule has 0 atom stereocenters. The molecule has 0 radical (unpaired) electrons. The molecule has 0 aliphatic heterocycles. The van der Waals surface area contributed by atoms with Gasteiger partial charge in [-0.1, -0.05) is 31.0 Å². The van der Waals surface area contributed by atoms with Crippen molar-refractivity contribution < 1.29 is 9.90 Å². The van der Waals surface area contributed by atoms with Crippen molar-refractivity contribution in [2.75, 3.05) is 19.3 Å². The van der Waals surface area contributed by atoms with Gasteiger partial charge in [0.2, 0.25) is 5.91 Å². The number of benzene rings is 1. The summed E-state index contributed by atoms with van der Waals surface area (Å²) in [6, 6.07) is 10.1. The Morgan fingerprint density at radius 2 is 1.95 bits per heavy atom. The van der Waals surface area contributed by atoms with Gasteiger partial charge in [0, 0.05) is 30.7 Å². The Morgan fingerprint density at radius 1 is 1.30 bits per heavy atom. The van der Waals surface area contributed by atoms with E-state index in [2.05, 4.69) is 12.1 Å². The lowest BCUT2D eigenvalue weighted by atomic mass is 10.0. The van der Waals surface area contributed by atoms with Crippen LogP contribution in [-0.2, 0) is 4.79 Å². The molecule has 1 amide bonds. The van der Waals surface area contributed by atoms with Crippen LogP contribution in [0.15, 0.2) is 35.2 Å². The molecule has 3 nitrogen and oxygen atoms in total. The first-order valence-electron chi connectivity index (χ1n) is 7.23. The topological polar surface area (TPSA) is 40.5 Å². The third-order valence-corrected chi connectivity index (χ3v) is 4.83. The minimum atomic E-state index is -0.642. The summed E-state index contributed by atoms with van der Waals surface area (Å²) in [5, 5.41) is 10.3. The zero-order valence-electron chi connectivity index (χ0n) is 12.0. The second kappa shape index (κ2) is 7.14. The van der Waals surface area contributed by atoms with Gasteiger partial charge in [-0.25, -0.2) is 0 Å². The number of amides is 1. The van der Waals surface area contributed by atoms with Crippen LogP contribution in [-0.4, -0.2) is 40.9 Å². The van der Waals surface area contributed by atoms with E-state index < -0.39 is 5.60 Å². The molecule has 1 aromatic carbocycles. The molecule has 0 spiro atoms. The number of aliphatic hydroxyl groups is 1. The van der Waals surface area contributed by atoms with Crippen molar-refractivity contribution in [3.8, 4) is 0 Å². The van der Waals surface area contributed by atoms with Gasteiger partial charge in [0.25, 0.3) is 0 Å². The molecule has 1 aliphatic carbocycles. The van der Waals surface area contributed by atoms with Gasteiger partial charge in [-0.3, -0.25) is 4.79 Å². The standard InChI is InChI=1S/C16H23NO2S/c1-17(13-16(19)10-5-6-11-16)15(18)9-12-20-14-7-3-2-4-8-14/h2-4,7-8,19H,5-6,9-13H2,1H3. The minimum Gasteiger partial charge on any atom is -0.388 e. The molecule has 4 heteroatoms. The molecule has 110 valence electrons. The lowest BCUT2D eigenvalue weighted by Gasteiger charge is -2.28. The van der Waals surface area contributed by atoms with E-state index in [4.69, 9.17) is 0 Å². The molecule has 20 heavy (non-hydrogen) atoms. The normalized spacial score (nSPS) is 17.1. The molecular formula is C16H23NO2S. The van der Waals surface area contributed by atoms with Crippen LogP contribution >= 0.6 is 11.8 Å². The maximum absolute atomic E-state index is 12.1. The van der Waals surface area contributed by atoms with Crippen LogP contribution in [0, 0.1) is 0 Å². The number of thioether (sulfide) groups is 1. The summed E-state index contributed by atoms with van der Waals surface area (Å²) in [4.78, 5) is 14.9. The molecule has 1 saturated carbocycles. The van der Waals surface area contributed by atoms with Gasteiger partial charge >= 0.3 is 0 Å². The number of rotatable bonds is 6. The fourth-order valence-electron chi connectivity index (χ4n) is 2.68. The third-order valence-electron chi connectivity index (χ3n) is 3.82. The Morgan fingerprint density at radius 3 is 2.60 bits per heavy atom. The third kappa shape index (κ3) is 4.53. The Kier molecular flexibility index (Phi) is 5.49. The highest BCUT2D eigenvalue weighted by Gasteiger charge is 2.33. The van der Waals surface area contributed by atoms with Gasteiger partial charge in [0.05, 0.1) is 5.60 Å². The van der Waals surface area contributed by atoms with Crippen molar-refractivity contribution in [3.63, 3.8) is 0 Å². The summed E-state index contributed by atoms with van der Waals surface area (Å²) < 4.78 is 0. The fraction of sp³-hybridized carbons (Fsp3) is 0.562. The van der Waals surface area contributed by atoms with Gasteiger partial charge < -0.3 is 10.0 Å². The van der Waals surface area contributed by atoms with Gasteiger partial charge in [-0.15, -0.1) is 11.8 Å². The molecule has 1 aliphatic rings. The van der Waals surface area contributed by atoms with Gasteiger partial charge in [-0.2, -0.15) is 0 Å². The summed E-state index contributed by atoms with van der Waals surface area (Å²) in [5.41, 5.74) is -0.642. The predicted octanol–water partition coefficient (Wildman–Crippen LogP) is 2.93. The zero-order chi connectivity index (χ0) is 14.4. The van der Waals surface area contributed by atoms with Crippen molar-refractivity contribution in [2.24, 2.45) is 0 Å². The average molecular weight is 293 g/mol. The molecule has 0 bridgehead atoms. The summed E-state index contributed by atoms with van der Waals surface area (Å²) in [7, 11) is 1.80. The van der Waals surface area contributed by atoms with Crippen molar-refractivity contribution in [3.05, 3.63) is 30.3 Å². The summed E-state index contributed by atoms with van der Waals surface area (Å²) in [5.74, 6) is 0.903. The van der Waals surface area contributed by atoms with Gasteiger partial charge in [0.1, 0.15) is 0 Å². The maximum atomic E-state index is 12.1. The van der Waals surface area contributed by atoms with E-state index in [9.17, 15) is 9.90 Å². The van der Waals surface area contributed by atoms with Crippen LogP contribution in [0.3, 0.4) is 0 Å². The lowest BCUT2D eigenvalue weighted by molar-refractivity contribution is -0.132. The fourth-order valence-corrected chi connectivity index (χ4v) is 3.55. The van der Waals surface area contributed by atoms with E-state index in [1.807, 2.05) is 18.2 Å². The molecular weight excluding hydrogens is 270 g/mol.